The normalized spacial score (nSPS) is 16.0. The monoisotopic (exact) mass is 183 g/mol. The minimum atomic E-state index is -0.630. The zero-order chi connectivity index (χ0) is 12.1. The molecule has 0 aromatic rings. The van der Waals surface area contributed by atoms with Crippen molar-refractivity contribution >= 4 is 57.8 Å². The number of hydrogen-bond donors (Lipinski definition) is 0. The topological polar surface area (TPSA) is 23.8 Å². The molecule has 1 saturated carbocycles. The van der Waals surface area contributed by atoms with Gasteiger partial charge in [-0.1, -0.05) is 6.42 Å². The van der Waals surface area contributed by atoms with Crippen LogP contribution in [-0.2, 0) is 0 Å². The standard InChI is InChI=1S/C6H9N.B8/c1-6(5-7)3-2-4-6;1-6(2)8(5)7(3)4/h2-4H2,1H3;. The number of nitrogens with zero attached hydrogens (tertiary/aromatic N) is 1. The Bertz CT molecular complexity index is 212. The van der Waals surface area contributed by atoms with Gasteiger partial charge >= 0.3 is 0 Å². The molecule has 0 atom stereocenters. The molecule has 0 amide bonds. The largest absolute Gasteiger partial charge is 0.198 e. The first-order chi connectivity index (χ1) is 6.82. The van der Waals surface area contributed by atoms with Crippen LogP contribution in [0, 0.1) is 16.7 Å². The van der Waals surface area contributed by atoms with Gasteiger partial charge < -0.3 is 0 Å². The Balaban J connectivity index is 0.000000262. The lowest BCUT2D eigenvalue weighted by Crippen LogP contribution is -2.52. The van der Waals surface area contributed by atoms with E-state index >= 15 is 0 Å². The molecule has 0 saturated heterocycles. The first kappa shape index (κ1) is 15.0. The highest BCUT2D eigenvalue weighted by Gasteiger charge is 2.30. The Morgan fingerprint density at radius 1 is 1.07 bits per heavy atom. The van der Waals surface area contributed by atoms with Gasteiger partial charge in [0.15, 0.2) is 0 Å². The predicted octanol–water partition coefficient (Wildman–Crippen LogP) is -1.35. The number of rotatable bonds is 2. The van der Waals surface area contributed by atoms with E-state index in [0.29, 0.717) is 0 Å². The fourth-order valence-electron chi connectivity index (χ4n) is 1.08. The minimum absolute atomic E-state index is 0.0694. The minimum Gasteiger partial charge on any atom is -0.198 e. The maximum Gasteiger partial charge on any atom is 0.0686 e. The second-order valence-electron chi connectivity index (χ2n) is 4.26. The van der Waals surface area contributed by atoms with E-state index in [0.717, 1.165) is 12.8 Å². The summed E-state index contributed by atoms with van der Waals surface area (Å²) < 4.78 is 0. The molecular formula is C6H9B8N. The number of nitriles is 1. The lowest BCUT2D eigenvalue weighted by atomic mass is 8.68. The molecule has 1 rings (SSSR count). The zero-order valence-electron chi connectivity index (χ0n) is 9.19. The van der Waals surface area contributed by atoms with Gasteiger partial charge in [0.2, 0.25) is 0 Å². The van der Waals surface area contributed by atoms with Crippen molar-refractivity contribution in [2.75, 3.05) is 0 Å². The third-order valence-corrected chi connectivity index (χ3v) is 2.62. The molecule has 9 heteroatoms. The summed E-state index contributed by atoms with van der Waals surface area (Å²) in [5, 5.41) is 8.40. The van der Waals surface area contributed by atoms with Crippen molar-refractivity contribution in [2.45, 2.75) is 26.2 Å². The average molecular weight is 182 g/mol. The maximum absolute atomic E-state index is 8.40. The van der Waals surface area contributed by atoms with E-state index in [9.17, 15) is 0 Å². The van der Waals surface area contributed by atoms with Crippen LogP contribution in [0.1, 0.15) is 26.2 Å². The third-order valence-electron chi connectivity index (χ3n) is 2.62. The molecule has 1 nitrogen and oxygen atoms in total. The van der Waals surface area contributed by atoms with Crippen molar-refractivity contribution < 1.29 is 0 Å². The Morgan fingerprint density at radius 2 is 1.47 bits per heavy atom. The van der Waals surface area contributed by atoms with Gasteiger partial charge in [0.25, 0.3) is 0 Å². The lowest BCUT2D eigenvalue weighted by Gasteiger charge is -2.30. The van der Waals surface area contributed by atoms with Crippen LogP contribution in [0.3, 0.4) is 0 Å². The highest BCUT2D eigenvalue weighted by Crippen LogP contribution is 2.38. The van der Waals surface area contributed by atoms with Gasteiger partial charge in [0.05, 0.1) is 11.5 Å². The molecule has 1 aliphatic rings. The van der Waals surface area contributed by atoms with Crippen LogP contribution >= 0.6 is 0 Å². The summed E-state index contributed by atoms with van der Waals surface area (Å²) >= 11 is 0. The average Bonchev–Trinajstić information content (AvgIpc) is 2.13. The van der Waals surface area contributed by atoms with E-state index in [-0.39, 0.29) is 5.41 Å². The quantitative estimate of drug-likeness (QED) is 0.484. The molecule has 0 unspecified atom stereocenters. The maximum atomic E-state index is 8.40. The second-order valence-corrected chi connectivity index (χ2v) is 4.26. The van der Waals surface area contributed by atoms with E-state index in [4.69, 9.17) is 43.9 Å². The van der Waals surface area contributed by atoms with Gasteiger partial charge in [-0.2, -0.15) is 5.26 Å². The molecule has 0 aromatic carbocycles. The zero-order valence-corrected chi connectivity index (χ0v) is 9.19. The summed E-state index contributed by atoms with van der Waals surface area (Å²) in [5.74, 6) is 0. The van der Waals surface area contributed by atoms with Crippen LogP contribution in [0.15, 0.2) is 0 Å². The van der Waals surface area contributed by atoms with Gasteiger partial charge in [0, 0.05) is 57.8 Å². The van der Waals surface area contributed by atoms with Crippen LogP contribution in [0.4, 0.5) is 0 Å². The summed E-state index contributed by atoms with van der Waals surface area (Å²) in [6.07, 6.45) is 1.71. The van der Waals surface area contributed by atoms with E-state index in [1.807, 2.05) is 6.92 Å². The van der Waals surface area contributed by atoms with Crippen molar-refractivity contribution in [3.63, 3.8) is 0 Å². The van der Waals surface area contributed by atoms with E-state index in [1.54, 1.807) is 0 Å². The summed E-state index contributed by atoms with van der Waals surface area (Å²) in [4.78, 5) is 0. The molecule has 0 aromatic heterocycles. The molecule has 1 aliphatic carbocycles. The van der Waals surface area contributed by atoms with Crippen LogP contribution in [0.2, 0.25) is 0 Å². The van der Waals surface area contributed by atoms with E-state index in [2.05, 4.69) is 6.07 Å². The highest BCUT2D eigenvalue weighted by molar-refractivity contribution is 7.89. The highest BCUT2D eigenvalue weighted by atomic mass is 14.4. The molecule has 0 N–H and O–H groups in total. The van der Waals surface area contributed by atoms with Crippen LogP contribution in [-0.4, -0.2) is 57.8 Å². The van der Waals surface area contributed by atoms with Crippen LogP contribution in [0.25, 0.3) is 0 Å². The summed E-state index contributed by atoms with van der Waals surface area (Å²) in [5.41, 5.74) is 0.0694. The first-order valence-electron chi connectivity index (χ1n) is 5.01. The molecule has 0 aliphatic heterocycles. The molecule has 0 heterocycles. The first-order valence-corrected chi connectivity index (χ1v) is 5.01. The van der Waals surface area contributed by atoms with Crippen molar-refractivity contribution in [2.24, 2.45) is 5.41 Å². The van der Waals surface area contributed by atoms with E-state index in [1.165, 1.54) is 6.42 Å². The summed E-state index contributed by atoms with van der Waals surface area (Å²) in [7, 11) is 25.8. The molecule has 0 bridgehead atoms. The molecule has 10 radical (unpaired) electrons. The molecule has 62 valence electrons. The van der Waals surface area contributed by atoms with E-state index < -0.39 is 19.2 Å². The molecule has 0 spiro atoms. The Kier molecular flexibility index (Phi) is 6.57. The van der Waals surface area contributed by atoms with Crippen LogP contribution < -0.4 is 0 Å². The Labute approximate surface area is 101 Å². The van der Waals surface area contributed by atoms with Crippen molar-refractivity contribution in [3.8, 4) is 6.07 Å². The molecular weight excluding hydrogens is 173 g/mol. The van der Waals surface area contributed by atoms with Crippen molar-refractivity contribution in [3.05, 3.63) is 0 Å². The third kappa shape index (κ3) is 5.59. The Morgan fingerprint density at radius 3 is 1.47 bits per heavy atom. The van der Waals surface area contributed by atoms with Gasteiger partial charge in [0.1, 0.15) is 0 Å². The smallest absolute Gasteiger partial charge is 0.0686 e. The fraction of sp³-hybridized carbons (Fsp3) is 0.833. The second kappa shape index (κ2) is 6.56. The fourth-order valence-corrected chi connectivity index (χ4v) is 1.08. The van der Waals surface area contributed by atoms with Gasteiger partial charge in [-0.25, -0.2) is 0 Å². The van der Waals surface area contributed by atoms with Crippen molar-refractivity contribution in [1.82, 2.24) is 0 Å². The van der Waals surface area contributed by atoms with Gasteiger partial charge in [-0.15, -0.1) is 0 Å². The molecule has 1 fully saturated rings. The molecule has 15 heavy (non-hydrogen) atoms. The van der Waals surface area contributed by atoms with Gasteiger partial charge in [-0.05, 0) is 19.8 Å². The predicted molar refractivity (Wildman–Crippen MR) is 73.6 cm³/mol. The van der Waals surface area contributed by atoms with Crippen LogP contribution in [0.5, 0.6) is 0 Å². The Hall–Kier alpha value is 0.00948. The lowest BCUT2D eigenvalue weighted by molar-refractivity contribution is 0.245. The summed E-state index contributed by atoms with van der Waals surface area (Å²) in [6, 6.07) is 2.28. The van der Waals surface area contributed by atoms with Crippen molar-refractivity contribution in [1.29, 1.82) is 5.26 Å². The number of hydrogen-bond acceptors (Lipinski definition) is 1. The van der Waals surface area contributed by atoms with Gasteiger partial charge in [-0.3, -0.25) is 0 Å². The summed E-state index contributed by atoms with van der Waals surface area (Å²) in [6.45, 7) is 2.02. The SMILES string of the molecule is CC1(C#N)CCC1.[B]B([B])B([B])B([B])[B].